The van der Waals surface area contributed by atoms with Gasteiger partial charge in [0.25, 0.3) is 12.3 Å². The summed E-state index contributed by atoms with van der Waals surface area (Å²) < 4.78 is 52.2. The Hall–Kier alpha value is -3.34. The van der Waals surface area contributed by atoms with Crippen molar-refractivity contribution < 1.29 is 32.2 Å². The van der Waals surface area contributed by atoms with Gasteiger partial charge in [-0.15, -0.1) is 0 Å². The van der Waals surface area contributed by atoms with Crippen molar-refractivity contribution in [1.29, 1.82) is 0 Å². The van der Waals surface area contributed by atoms with Crippen molar-refractivity contribution in [2.24, 2.45) is 7.05 Å². The molecule has 3 rings (SSSR count). The van der Waals surface area contributed by atoms with Gasteiger partial charge < -0.3 is 14.8 Å². The van der Waals surface area contributed by atoms with E-state index >= 15 is 0 Å². The van der Waals surface area contributed by atoms with Gasteiger partial charge in [-0.3, -0.25) is 4.79 Å². The van der Waals surface area contributed by atoms with Gasteiger partial charge in [-0.05, 0) is 58.7 Å². The molecule has 33 heavy (non-hydrogen) atoms. The first-order valence-electron chi connectivity index (χ1n) is 9.59. The topological polar surface area (TPSA) is 82.5 Å². The van der Waals surface area contributed by atoms with Crippen LogP contribution in [0.3, 0.4) is 0 Å². The number of methoxy groups -OCH3 is 1. The zero-order valence-corrected chi connectivity index (χ0v) is 19.3. The van der Waals surface area contributed by atoms with Crippen LogP contribution in [-0.4, -0.2) is 28.8 Å². The van der Waals surface area contributed by atoms with Crippen LogP contribution in [0.15, 0.2) is 46.9 Å². The van der Waals surface area contributed by atoms with Crippen LogP contribution < -0.4 is 10.1 Å². The minimum absolute atomic E-state index is 0.103. The number of aryl methyl sites for hydroxylation is 1. The van der Waals surface area contributed by atoms with Crippen LogP contribution in [0.2, 0.25) is 0 Å². The summed E-state index contributed by atoms with van der Waals surface area (Å²) in [6, 6.07) is 9.41. The lowest BCUT2D eigenvalue weighted by Gasteiger charge is -2.16. The molecule has 0 radical (unpaired) electrons. The van der Waals surface area contributed by atoms with Crippen LogP contribution in [0.4, 0.5) is 13.2 Å². The molecule has 0 unspecified atom stereocenters. The molecule has 1 atom stereocenters. The Morgan fingerprint density at radius 3 is 2.39 bits per heavy atom. The van der Waals surface area contributed by atoms with Gasteiger partial charge in [-0.25, -0.2) is 22.6 Å². The van der Waals surface area contributed by atoms with E-state index in [1.807, 2.05) is 0 Å². The van der Waals surface area contributed by atoms with Gasteiger partial charge in [0.2, 0.25) is 5.88 Å². The number of hydrogen-bond donors (Lipinski definition) is 1. The van der Waals surface area contributed by atoms with Crippen molar-refractivity contribution in [1.82, 2.24) is 15.1 Å². The minimum Gasteiger partial charge on any atom is -0.465 e. The van der Waals surface area contributed by atoms with Gasteiger partial charge in [0.1, 0.15) is 22.8 Å². The fourth-order valence-electron chi connectivity index (χ4n) is 3.04. The number of aromatic nitrogens is 2. The summed E-state index contributed by atoms with van der Waals surface area (Å²) in [4.78, 5) is 24.6. The highest BCUT2D eigenvalue weighted by atomic mass is 79.9. The maximum absolute atomic E-state index is 13.6. The molecule has 3 aromatic rings. The molecular formula is C22H19BrF3N3O4. The van der Waals surface area contributed by atoms with Gasteiger partial charge in [-0.1, -0.05) is 12.1 Å². The number of carbonyl (C=O) groups is 2. The summed E-state index contributed by atoms with van der Waals surface area (Å²) >= 11 is 3.03. The zero-order valence-electron chi connectivity index (χ0n) is 17.7. The van der Waals surface area contributed by atoms with E-state index in [0.29, 0.717) is 11.1 Å². The third kappa shape index (κ3) is 5.36. The van der Waals surface area contributed by atoms with E-state index in [1.54, 1.807) is 19.1 Å². The lowest BCUT2D eigenvalue weighted by molar-refractivity contribution is 0.0600. The molecule has 0 saturated carbocycles. The number of ether oxygens (including phenoxy) is 2. The molecular weight excluding hydrogens is 507 g/mol. The summed E-state index contributed by atoms with van der Waals surface area (Å²) in [6.07, 6.45) is -3.04. The number of alkyl halides is 2. The van der Waals surface area contributed by atoms with Gasteiger partial charge in [-0.2, -0.15) is 5.10 Å². The molecule has 0 aliphatic heterocycles. The first-order chi connectivity index (χ1) is 15.6. The largest absolute Gasteiger partial charge is 0.465 e. The lowest BCUT2D eigenvalue weighted by Crippen LogP contribution is -2.27. The Morgan fingerprint density at radius 2 is 1.82 bits per heavy atom. The Kier molecular flexibility index (Phi) is 7.42. The average molecular weight is 526 g/mol. The minimum atomic E-state index is -3.04. The van der Waals surface area contributed by atoms with Crippen molar-refractivity contribution in [3.8, 4) is 11.6 Å². The second-order valence-corrected chi connectivity index (χ2v) is 7.83. The molecule has 0 bridgehead atoms. The molecule has 7 nitrogen and oxygen atoms in total. The van der Waals surface area contributed by atoms with Crippen molar-refractivity contribution in [3.05, 3.63) is 75.1 Å². The maximum Gasteiger partial charge on any atom is 0.337 e. The van der Waals surface area contributed by atoms with E-state index in [0.717, 1.165) is 10.7 Å². The number of hydrogen-bond acceptors (Lipinski definition) is 5. The molecule has 0 saturated heterocycles. The number of esters is 1. The molecule has 1 aromatic heterocycles. The third-order valence-corrected chi connectivity index (χ3v) is 5.35. The van der Waals surface area contributed by atoms with Gasteiger partial charge in [0, 0.05) is 7.05 Å². The molecule has 1 amide bonds. The normalized spacial score (nSPS) is 11.9. The standard InChI is InChI=1S/C22H19BrF3N3O4/c1-11(12-4-6-13(7-5-12)22(31)32-3)27-20(30)17-18(19(25)26)28-29(2)21(17)33-14-8-9-16(24)15(23)10-14/h4-11,19H,1-3H3,(H,27,30)/t11-/m0/s1. The van der Waals surface area contributed by atoms with E-state index in [2.05, 4.69) is 31.1 Å². The van der Waals surface area contributed by atoms with Crippen LogP contribution in [0.25, 0.3) is 0 Å². The van der Waals surface area contributed by atoms with Crippen LogP contribution in [-0.2, 0) is 11.8 Å². The Balaban J connectivity index is 1.89. The second-order valence-electron chi connectivity index (χ2n) is 6.98. The van der Waals surface area contributed by atoms with E-state index in [1.165, 1.54) is 38.4 Å². The van der Waals surface area contributed by atoms with Crippen molar-refractivity contribution >= 4 is 27.8 Å². The number of nitrogens with one attached hydrogen (secondary N) is 1. The van der Waals surface area contributed by atoms with Gasteiger partial charge in [0.15, 0.2) is 0 Å². The maximum atomic E-state index is 13.6. The number of amides is 1. The number of carbonyl (C=O) groups excluding carboxylic acids is 2. The molecule has 0 spiro atoms. The Labute approximate surface area is 195 Å². The van der Waals surface area contributed by atoms with Crippen molar-refractivity contribution in [2.75, 3.05) is 7.11 Å². The zero-order chi connectivity index (χ0) is 24.3. The SMILES string of the molecule is COC(=O)c1ccc([C@H](C)NC(=O)c2c(C(F)F)nn(C)c2Oc2ccc(F)c(Br)c2)cc1. The molecule has 0 aliphatic rings. The molecule has 2 aromatic carbocycles. The summed E-state index contributed by atoms with van der Waals surface area (Å²) in [5, 5.41) is 6.37. The molecule has 174 valence electrons. The number of benzene rings is 2. The third-order valence-electron chi connectivity index (χ3n) is 4.74. The Morgan fingerprint density at radius 1 is 1.15 bits per heavy atom. The predicted molar refractivity (Wildman–Crippen MR) is 116 cm³/mol. The summed E-state index contributed by atoms with van der Waals surface area (Å²) in [5.41, 5.74) is -0.234. The molecule has 0 fully saturated rings. The summed E-state index contributed by atoms with van der Waals surface area (Å²) in [7, 11) is 2.61. The number of halogens is 4. The molecule has 11 heteroatoms. The van der Waals surface area contributed by atoms with Crippen molar-refractivity contribution in [2.45, 2.75) is 19.4 Å². The van der Waals surface area contributed by atoms with E-state index in [9.17, 15) is 22.8 Å². The van der Waals surface area contributed by atoms with Crippen molar-refractivity contribution in [3.63, 3.8) is 0 Å². The highest BCUT2D eigenvalue weighted by Crippen LogP contribution is 2.34. The van der Waals surface area contributed by atoms with Gasteiger partial charge >= 0.3 is 5.97 Å². The fraction of sp³-hybridized carbons (Fsp3) is 0.227. The lowest BCUT2D eigenvalue weighted by atomic mass is 10.1. The number of rotatable bonds is 7. The molecule has 0 aliphatic carbocycles. The van der Waals surface area contributed by atoms with Crippen LogP contribution in [0.1, 0.15) is 51.4 Å². The first kappa shape index (κ1) is 24.3. The smallest absolute Gasteiger partial charge is 0.337 e. The molecule has 1 N–H and O–H groups in total. The van der Waals surface area contributed by atoms with Crippen LogP contribution >= 0.6 is 15.9 Å². The fourth-order valence-corrected chi connectivity index (χ4v) is 3.40. The van der Waals surface area contributed by atoms with E-state index < -0.39 is 41.4 Å². The highest BCUT2D eigenvalue weighted by Gasteiger charge is 2.30. The first-order valence-corrected chi connectivity index (χ1v) is 10.4. The monoisotopic (exact) mass is 525 g/mol. The summed E-state index contributed by atoms with van der Waals surface area (Å²) in [5.74, 6) is -1.99. The van der Waals surface area contributed by atoms with Crippen LogP contribution in [0, 0.1) is 5.82 Å². The van der Waals surface area contributed by atoms with E-state index in [4.69, 9.17) is 4.74 Å². The molecule has 1 heterocycles. The van der Waals surface area contributed by atoms with Gasteiger partial charge in [0.05, 0.1) is 23.2 Å². The number of nitrogens with zero attached hydrogens (tertiary/aromatic N) is 2. The predicted octanol–water partition coefficient (Wildman–Crippen LogP) is 5.33. The highest BCUT2D eigenvalue weighted by molar-refractivity contribution is 9.10. The Bertz CT molecular complexity index is 1180. The van der Waals surface area contributed by atoms with Crippen LogP contribution in [0.5, 0.6) is 11.6 Å². The average Bonchev–Trinajstić information content (AvgIpc) is 3.12. The quantitative estimate of drug-likeness (QED) is 0.421. The summed E-state index contributed by atoms with van der Waals surface area (Å²) in [6.45, 7) is 1.65. The van der Waals surface area contributed by atoms with E-state index in [-0.39, 0.29) is 16.1 Å². The second kappa shape index (κ2) is 10.1.